The summed E-state index contributed by atoms with van der Waals surface area (Å²) in [6.07, 6.45) is 0.379. The molecular formula is C15H14Cl2FNO. The van der Waals surface area contributed by atoms with E-state index in [4.69, 9.17) is 33.7 Å². The van der Waals surface area contributed by atoms with Gasteiger partial charge < -0.3 is 10.5 Å². The molecule has 0 amide bonds. The number of nitrogens with two attached hydrogens (primary N) is 1. The third-order valence-corrected chi connectivity index (χ3v) is 3.62. The summed E-state index contributed by atoms with van der Waals surface area (Å²) < 4.78 is 19.1. The lowest BCUT2D eigenvalue weighted by molar-refractivity contribution is 0.408. The highest BCUT2D eigenvalue weighted by Crippen LogP contribution is 2.30. The lowest BCUT2D eigenvalue weighted by Gasteiger charge is -2.16. The van der Waals surface area contributed by atoms with Crippen molar-refractivity contribution in [3.05, 3.63) is 63.4 Å². The Kier molecular flexibility index (Phi) is 4.86. The Labute approximate surface area is 127 Å². The van der Waals surface area contributed by atoms with Crippen molar-refractivity contribution in [3.8, 4) is 5.75 Å². The summed E-state index contributed by atoms with van der Waals surface area (Å²) in [6.45, 7) is 0. The van der Waals surface area contributed by atoms with E-state index < -0.39 is 11.9 Å². The summed E-state index contributed by atoms with van der Waals surface area (Å²) >= 11 is 12.0. The van der Waals surface area contributed by atoms with Gasteiger partial charge >= 0.3 is 0 Å². The first-order chi connectivity index (χ1) is 9.52. The van der Waals surface area contributed by atoms with E-state index in [1.54, 1.807) is 37.4 Å². The molecule has 0 aliphatic rings. The van der Waals surface area contributed by atoms with Crippen molar-refractivity contribution in [2.75, 3.05) is 7.11 Å². The molecule has 106 valence electrons. The number of benzene rings is 2. The van der Waals surface area contributed by atoms with E-state index in [1.165, 1.54) is 6.07 Å². The van der Waals surface area contributed by atoms with Crippen molar-refractivity contribution in [2.24, 2.45) is 5.73 Å². The molecule has 0 aliphatic carbocycles. The van der Waals surface area contributed by atoms with Gasteiger partial charge in [0.2, 0.25) is 0 Å². The first-order valence-corrected chi connectivity index (χ1v) is 6.80. The highest BCUT2D eigenvalue weighted by molar-refractivity contribution is 6.31. The summed E-state index contributed by atoms with van der Waals surface area (Å²) in [4.78, 5) is 0. The number of hydrogen-bond donors (Lipinski definition) is 1. The van der Waals surface area contributed by atoms with E-state index in [0.29, 0.717) is 27.8 Å². The van der Waals surface area contributed by atoms with Crippen molar-refractivity contribution in [1.29, 1.82) is 0 Å². The van der Waals surface area contributed by atoms with Crippen molar-refractivity contribution < 1.29 is 9.13 Å². The van der Waals surface area contributed by atoms with E-state index in [2.05, 4.69) is 0 Å². The Morgan fingerprint density at radius 3 is 2.65 bits per heavy atom. The minimum Gasteiger partial charge on any atom is -0.496 e. The lowest BCUT2D eigenvalue weighted by atomic mass is 9.98. The zero-order valence-electron chi connectivity index (χ0n) is 10.9. The van der Waals surface area contributed by atoms with Crippen molar-refractivity contribution in [1.82, 2.24) is 0 Å². The van der Waals surface area contributed by atoms with Crippen LogP contribution in [0.4, 0.5) is 4.39 Å². The Morgan fingerprint density at radius 2 is 2.00 bits per heavy atom. The summed E-state index contributed by atoms with van der Waals surface area (Å²) in [7, 11) is 1.56. The van der Waals surface area contributed by atoms with Crippen LogP contribution in [0.2, 0.25) is 10.0 Å². The molecule has 0 radical (unpaired) electrons. The van der Waals surface area contributed by atoms with Crippen LogP contribution in [-0.2, 0) is 6.42 Å². The molecule has 1 unspecified atom stereocenters. The second-order valence-electron chi connectivity index (χ2n) is 4.40. The summed E-state index contributed by atoms with van der Waals surface area (Å²) in [5, 5.41) is 0.895. The molecule has 0 heterocycles. The number of rotatable bonds is 4. The lowest BCUT2D eigenvalue weighted by Crippen LogP contribution is -2.16. The fourth-order valence-corrected chi connectivity index (χ4v) is 2.61. The van der Waals surface area contributed by atoms with E-state index in [9.17, 15) is 4.39 Å². The first kappa shape index (κ1) is 15.1. The minimum absolute atomic E-state index is 0.302. The number of halogens is 3. The van der Waals surface area contributed by atoms with Gasteiger partial charge in [-0.2, -0.15) is 0 Å². The Hall–Kier alpha value is -1.29. The highest BCUT2D eigenvalue weighted by Gasteiger charge is 2.17. The molecule has 5 heteroatoms. The van der Waals surface area contributed by atoms with Gasteiger partial charge in [0.05, 0.1) is 7.11 Å². The van der Waals surface area contributed by atoms with Crippen LogP contribution in [-0.4, -0.2) is 7.11 Å². The topological polar surface area (TPSA) is 35.2 Å². The van der Waals surface area contributed by atoms with Crippen LogP contribution in [0.1, 0.15) is 17.2 Å². The van der Waals surface area contributed by atoms with E-state index in [-0.39, 0.29) is 0 Å². The van der Waals surface area contributed by atoms with Crippen LogP contribution < -0.4 is 10.5 Å². The zero-order chi connectivity index (χ0) is 14.7. The third-order valence-electron chi connectivity index (χ3n) is 3.05. The van der Waals surface area contributed by atoms with Crippen LogP contribution in [0.15, 0.2) is 36.4 Å². The summed E-state index contributed by atoms with van der Waals surface area (Å²) in [5.41, 5.74) is 7.19. The van der Waals surface area contributed by atoms with Gasteiger partial charge in [-0.05, 0) is 42.3 Å². The molecule has 2 aromatic rings. The molecule has 0 fully saturated rings. The quantitative estimate of drug-likeness (QED) is 0.909. The molecule has 0 spiro atoms. The molecule has 1 atom stereocenters. The smallest absolute Gasteiger partial charge is 0.129 e. The maximum Gasteiger partial charge on any atom is 0.129 e. The molecule has 0 aliphatic heterocycles. The molecule has 0 bridgehead atoms. The fourth-order valence-electron chi connectivity index (χ4n) is 2.11. The van der Waals surface area contributed by atoms with Gasteiger partial charge in [-0.25, -0.2) is 4.39 Å². The third kappa shape index (κ3) is 3.23. The predicted molar refractivity (Wildman–Crippen MR) is 80.0 cm³/mol. The van der Waals surface area contributed by atoms with Gasteiger partial charge in [-0.15, -0.1) is 0 Å². The molecule has 2 rings (SSSR count). The van der Waals surface area contributed by atoms with E-state index in [0.717, 1.165) is 5.56 Å². The van der Waals surface area contributed by atoms with Crippen LogP contribution in [0, 0.1) is 5.82 Å². The molecule has 0 saturated heterocycles. The fraction of sp³-hybridized carbons (Fsp3) is 0.200. The minimum atomic E-state index is -0.573. The molecule has 20 heavy (non-hydrogen) atoms. The highest BCUT2D eigenvalue weighted by atomic mass is 35.5. The SMILES string of the molecule is COc1ccc(Cl)cc1CC(N)c1c(F)cccc1Cl. The van der Waals surface area contributed by atoms with Gasteiger partial charge in [-0.3, -0.25) is 0 Å². The van der Waals surface area contributed by atoms with Crippen LogP contribution in [0.25, 0.3) is 0 Å². The van der Waals surface area contributed by atoms with Gasteiger partial charge in [0.1, 0.15) is 11.6 Å². The van der Waals surface area contributed by atoms with Gasteiger partial charge in [-0.1, -0.05) is 29.3 Å². The summed E-state index contributed by atoms with van der Waals surface area (Å²) in [5.74, 6) is 0.253. The van der Waals surface area contributed by atoms with Gasteiger partial charge in [0.25, 0.3) is 0 Å². The number of ether oxygens (including phenoxy) is 1. The average molecular weight is 314 g/mol. The molecule has 2 N–H and O–H groups in total. The normalized spacial score (nSPS) is 12.2. The predicted octanol–water partition coefficient (Wildman–Crippen LogP) is 4.38. The maximum absolute atomic E-state index is 13.8. The number of hydrogen-bond acceptors (Lipinski definition) is 2. The van der Waals surface area contributed by atoms with Crippen molar-refractivity contribution in [3.63, 3.8) is 0 Å². The standard InChI is InChI=1S/C15H14Cl2FNO/c1-20-14-6-5-10(16)7-9(14)8-13(19)15-11(17)3-2-4-12(15)18/h2-7,13H,8,19H2,1H3. The summed E-state index contributed by atoms with van der Waals surface area (Å²) in [6, 6.07) is 9.18. The van der Waals surface area contributed by atoms with Crippen molar-refractivity contribution >= 4 is 23.2 Å². The van der Waals surface area contributed by atoms with Gasteiger partial charge in [0, 0.05) is 21.7 Å². The second kappa shape index (κ2) is 6.44. The monoisotopic (exact) mass is 313 g/mol. The average Bonchev–Trinajstić information content (AvgIpc) is 2.38. The first-order valence-electron chi connectivity index (χ1n) is 6.05. The van der Waals surface area contributed by atoms with Crippen LogP contribution >= 0.6 is 23.2 Å². The second-order valence-corrected chi connectivity index (χ2v) is 5.25. The Balaban J connectivity index is 2.32. The Bertz CT molecular complexity index is 599. The van der Waals surface area contributed by atoms with E-state index in [1.807, 2.05) is 0 Å². The van der Waals surface area contributed by atoms with Crippen LogP contribution in [0.3, 0.4) is 0 Å². The molecule has 0 saturated carbocycles. The molecular weight excluding hydrogens is 300 g/mol. The number of methoxy groups -OCH3 is 1. The maximum atomic E-state index is 13.8. The zero-order valence-corrected chi connectivity index (χ0v) is 12.4. The van der Waals surface area contributed by atoms with E-state index >= 15 is 0 Å². The Morgan fingerprint density at radius 1 is 1.25 bits per heavy atom. The molecule has 2 nitrogen and oxygen atoms in total. The van der Waals surface area contributed by atoms with Crippen molar-refractivity contribution in [2.45, 2.75) is 12.5 Å². The largest absolute Gasteiger partial charge is 0.496 e. The molecule has 0 aromatic heterocycles. The van der Waals surface area contributed by atoms with Crippen LogP contribution in [0.5, 0.6) is 5.75 Å². The molecule has 2 aromatic carbocycles. The van der Waals surface area contributed by atoms with Gasteiger partial charge in [0.15, 0.2) is 0 Å².